The Bertz CT molecular complexity index is 455. The van der Waals surface area contributed by atoms with Gasteiger partial charge in [0.1, 0.15) is 0 Å². The smallest absolute Gasteiger partial charge is 0.156 e. The van der Waals surface area contributed by atoms with Crippen molar-refractivity contribution in [3.63, 3.8) is 0 Å². The third-order valence-corrected chi connectivity index (χ3v) is 3.80. The summed E-state index contributed by atoms with van der Waals surface area (Å²) in [6.45, 7) is 0. The van der Waals surface area contributed by atoms with Crippen molar-refractivity contribution in [1.82, 2.24) is 0 Å². The van der Waals surface area contributed by atoms with Gasteiger partial charge in [-0.1, -0.05) is 60.7 Å². The van der Waals surface area contributed by atoms with E-state index in [0.29, 0.717) is 12.8 Å². The van der Waals surface area contributed by atoms with Gasteiger partial charge in [0.2, 0.25) is 0 Å². The van der Waals surface area contributed by atoms with E-state index < -0.39 is 11.1 Å². The van der Waals surface area contributed by atoms with Crippen LogP contribution in [0.25, 0.3) is 0 Å². The lowest BCUT2D eigenvalue weighted by Gasteiger charge is -2.13. The van der Waals surface area contributed by atoms with Crippen LogP contribution < -0.4 is 0 Å². The van der Waals surface area contributed by atoms with Gasteiger partial charge in [-0.05, 0) is 24.0 Å². The second-order valence-corrected chi connectivity index (χ2v) is 5.50. The minimum absolute atomic E-state index is 0.255. The molecule has 0 spiro atoms. The van der Waals surface area contributed by atoms with Gasteiger partial charge >= 0.3 is 0 Å². The third-order valence-electron chi connectivity index (χ3n) is 2.90. The third kappa shape index (κ3) is 3.79. The van der Waals surface area contributed by atoms with Gasteiger partial charge in [0.05, 0.1) is 5.25 Å². The van der Waals surface area contributed by atoms with E-state index in [1.54, 1.807) is 0 Å². The fraction of sp³-hybridized carbons (Fsp3) is 0.200. The van der Waals surface area contributed by atoms with Gasteiger partial charge in [-0.15, -0.1) is 0 Å². The molecule has 0 saturated heterocycles. The maximum Gasteiger partial charge on any atom is 0.156 e. The summed E-state index contributed by atoms with van der Waals surface area (Å²) >= 11 is -1.80. The lowest BCUT2D eigenvalue weighted by Crippen LogP contribution is -2.20. The minimum Gasteiger partial charge on any atom is -0.306 e. The first-order valence-electron chi connectivity index (χ1n) is 5.93. The summed E-state index contributed by atoms with van der Waals surface area (Å²) in [5, 5.41) is -0.255. The van der Waals surface area contributed by atoms with E-state index in [4.69, 9.17) is 0 Å². The Balaban J connectivity index is 2.08. The van der Waals surface area contributed by atoms with Crippen LogP contribution in [0.4, 0.5) is 0 Å². The van der Waals surface area contributed by atoms with E-state index in [1.165, 1.54) is 0 Å². The van der Waals surface area contributed by atoms with Crippen LogP contribution in [0.15, 0.2) is 60.7 Å². The summed E-state index contributed by atoms with van der Waals surface area (Å²) in [6.07, 6.45) is 1.25. The molecule has 0 aromatic heterocycles. The lowest BCUT2D eigenvalue weighted by atomic mass is 10.0. The predicted octanol–water partition coefficient (Wildman–Crippen LogP) is 3.06. The predicted molar refractivity (Wildman–Crippen MR) is 74.9 cm³/mol. The van der Waals surface area contributed by atoms with Crippen LogP contribution in [0, 0.1) is 0 Å². The highest BCUT2D eigenvalue weighted by atomic mass is 32.2. The van der Waals surface area contributed by atoms with Crippen LogP contribution in [0.2, 0.25) is 0 Å². The Morgan fingerprint density at radius 3 is 1.56 bits per heavy atom. The molecule has 2 aromatic rings. The molecule has 2 nitrogen and oxygen atoms in total. The van der Waals surface area contributed by atoms with Gasteiger partial charge in [0.25, 0.3) is 0 Å². The Kier molecular flexibility index (Phi) is 4.67. The Morgan fingerprint density at radius 2 is 1.22 bits per heavy atom. The zero-order valence-electron chi connectivity index (χ0n) is 10.0. The van der Waals surface area contributed by atoms with Crippen molar-refractivity contribution >= 4 is 11.1 Å². The van der Waals surface area contributed by atoms with Crippen molar-refractivity contribution in [2.45, 2.75) is 18.1 Å². The van der Waals surface area contributed by atoms with Crippen molar-refractivity contribution in [1.29, 1.82) is 0 Å². The molecule has 0 bridgehead atoms. The molecule has 0 aliphatic heterocycles. The van der Waals surface area contributed by atoms with Crippen molar-refractivity contribution in [2.24, 2.45) is 0 Å². The van der Waals surface area contributed by atoms with Crippen LogP contribution in [0.5, 0.6) is 0 Å². The molecule has 18 heavy (non-hydrogen) atoms. The zero-order chi connectivity index (χ0) is 12.8. The maximum absolute atomic E-state index is 11.4. The first kappa shape index (κ1) is 13.0. The first-order chi connectivity index (χ1) is 8.75. The van der Waals surface area contributed by atoms with Gasteiger partial charge in [-0.2, -0.15) is 0 Å². The zero-order valence-corrected chi connectivity index (χ0v) is 10.8. The maximum atomic E-state index is 11.4. The summed E-state index contributed by atoms with van der Waals surface area (Å²) in [4.78, 5) is 0. The summed E-state index contributed by atoms with van der Waals surface area (Å²) in [5.41, 5.74) is 2.20. The molecule has 0 heterocycles. The van der Waals surface area contributed by atoms with E-state index >= 15 is 0 Å². The van der Waals surface area contributed by atoms with Gasteiger partial charge in [0.15, 0.2) is 11.1 Å². The molecular weight excluding hydrogens is 244 g/mol. The fourth-order valence-corrected chi connectivity index (χ4v) is 2.64. The molecule has 1 atom stereocenters. The highest BCUT2D eigenvalue weighted by Gasteiger charge is 2.16. The SMILES string of the molecule is O=S(O)C(Cc1ccccc1)Cc1ccccc1. The Labute approximate surface area is 110 Å². The van der Waals surface area contributed by atoms with Crippen molar-refractivity contribution in [3.05, 3.63) is 71.8 Å². The molecule has 0 aliphatic rings. The molecule has 3 heteroatoms. The van der Waals surface area contributed by atoms with Crippen LogP contribution in [0.1, 0.15) is 11.1 Å². The summed E-state index contributed by atoms with van der Waals surface area (Å²) < 4.78 is 20.8. The lowest BCUT2D eigenvalue weighted by molar-refractivity contribution is 0.544. The van der Waals surface area contributed by atoms with E-state index in [1.807, 2.05) is 60.7 Å². The minimum atomic E-state index is -1.80. The van der Waals surface area contributed by atoms with E-state index in [9.17, 15) is 8.76 Å². The quantitative estimate of drug-likeness (QED) is 0.839. The standard InChI is InChI=1S/C15H16O2S/c16-18(17)15(11-13-7-3-1-4-8-13)12-14-9-5-2-6-10-14/h1-10,15H,11-12H2,(H,16,17). The number of benzene rings is 2. The van der Waals surface area contributed by atoms with Crippen molar-refractivity contribution < 1.29 is 8.76 Å². The molecule has 0 fully saturated rings. The average molecular weight is 260 g/mol. The molecule has 0 radical (unpaired) electrons. The molecule has 1 N–H and O–H groups in total. The largest absolute Gasteiger partial charge is 0.306 e. The topological polar surface area (TPSA) is 37.3 Å². The normalized spacial score (nSPS) is 12.6. The second kappa shape index (κ2) is 6.47. The summed E-state index contributed by atoms with van der Waals surface area (Å²) in [6, 6.07) is 19.7. The number of rotatable bonds is 5. The second-order valence-electron chi connectivity index (χ2n) is 4.28. The molecule has 1 unspecified atom stereocenters. The number of hydrogen-bond donors (Lipinski definition) is 1. The van der Waals surface area contributed by atoms with Crippen molar-refractivity contribution in [3.8, 4) is 0 Å². The number of hydrogen-bond acceptors (Lipinski definition) is 1. The fourth-order valence-electron chi connectivity index (χ4n) is 1.97. The molecule has 2 rings (SSSR count). The van der Waals surface area contributed by atoms with Gasteiger partial charge in [0, 0.05) is 0 Å². The van der Waals surface area contributed by atoms with E-state index in [2.05, 4.69) is 0 Å². The molecule has 0 saturated carbocycles. The van der Waals surface area contributed by atoms with Crippen LogP contribution in [0.3, 0.4) is 0 Å². The molecule has 0 amide bonds. The first-order valence-corrected chi connectivity index (χ1v) is 7.10. The monoisotopic (exact) mass is 260 g/mol. The highest BCUT2D eigenvalue weighted by Crippen LogP contribution is 2.13. The molecule has 2 aromatic carbocycles. The Morgan fingerprint density at radius 1 is 0.833 bits per heavy atom. The van der Waals surface area contributed by atoms with Crippen molar-refractivity contribution in [2.75, 3.05) is 0 Å². The average Bonchev–Trinajstić information content (AvgIpc) is 2.40. The van der Waals surface area contributed by atoms with E-state index in [0.717, 1.165) is 11.1 Å². The van der Waals surface area contributed by atoms with Gasteiger partial charge < -0.3 is 4.55 Å². The van der Waals surface area contributed by atoms with Crippen LogP contribution >= 0.6 is 0 Å². The Hall–Kier alpha value is -1.45. The molecular formula is C15H16O2S. The summed E-state index contributed by atoms with van der Waals surface area (Å²) in [7, 11) is 0. The molecule has 94 valence electrons. The van der Waals surface area contributed by atoms with E-state index in [-0.39, 0.29) is 5.25 Å². The highest BCUT2D eigenvalue weighted by molar-refractivity contribution is 7.79. The van der Waals surface area contributed by atoms with Crippen LogP contribution in [-0.4, -0.2) is 14.0 Å². The van der Waals surface area contributed by atoms with Gasteiger partial charge in [-0.3, -0.25) is 0 Å². The summed E-state index contributed by atoms with van der Waals surface area (Å²) in [5.74, 6) is 0. The molecule has 0 aliphatic carbocycles. The van der Waals surface area contributed by atoms with Crippen LogP contribution in [-0.2, 0) is 23.9 Å². The van der Waals surface area contributed by atoms with Gasteiger partial charge in [-0.25, -0.2) is 4.21 Å².